The number of hydrogen-bond donors (Lipinski definition) is 0. The lowest BCUT2D eigenvalue weighted by molar-refractivity contribution is 0.0987. The van der Waals surface area contributed by atoms with Crippen LogP contribution in [0.5, 0.6) is 5.75 Å². The van der Waals surface area contributed by atoms with Crippen LogP contribution >= 0.6 is 0 Å². The Labute approximate surface area is 125 Å². The number of benzene rings is 1. The summed E-state index contributed by atoms with van der Waals surface area (Å²) < 4.78 is 7.20. The zero-order valence-corrected chi connectivity index (χ0v) is 13.1. The van der Waals surface area contributed by atoms with Crippen LogP contribution in [0.15, 0.2) is 24.3 Å². The first-order valence-corrected chi connectivity index (χ1v) is 7.32. The van der Waals surface area contributed by atoms with E-state index in [-0.39, 0.29) is 5.78 Å². The summed E-state index contributed by atoms with van der Waals surface area (Å²) in [7, 11) is 1.59. The van der Waals surface area contributed by atoms with Gasteiger partial charge in [0.1, 0.15) is 5.75 Å². The van der Waals surface area contributed by atoms with Gasteiger partial charge in [0, 0.05) is 12.2 Å². The highest BCUT2D eigenvalue weighted by Gasteiger charge is 2.16. The highest BCUT2D eigenvalue weighted by molar-refractivity contribution is 6.00. The van der Waals surface area contributed by atoms with Crippen molar-refractivity contribution < 1.29 is 9.53 Å². The third kappa shape index (κ3) is 3.32. The number of methoxy groups -OCH3 is 1. The Kier molecular flexibility index (Phi) is 4.78. The fourth-order valence-electron chi connectivity index (χ4n) is 2.40. The van der Waals surface area contributed by atoms with Gasteiger partial charge in [-0.3, -0.25) is 9.48 Å². The van der Waals surface area contributed by atoms with E-state index in [0.29, 0.717) is 17.7 Å². The maximum Gasteiger partial charge on any atom is 0.172 e. The first kappa shape index (κ1) is 15.3. The molecule has 0 amide bonds. The molecule has 4 heteroatoms. The van der Waals surface area contributed by atoms with E-state index in [1.807, 2.05) is 42.8 Å². The van der Waals surface area contributed by atoms with E-state index in [0.717, 1.165) is 29.9 Å². The average molecular weight is 286 g/mol. The summed E-state index contributed by atoms with van der Waals surface area (Å²) in [5, 5.41) is 4.49. The number of rotatable bonds is 6. The second kappa shape index (κ2) is 6.57. The fraction of sp³-hybridized carbons (Fsp3) is 0.412. The molecule has 112 valence electrons. The van der Waals surface area contributed by atoms with Crippen LogP contribution in [-0.4, -0.2) is 22.7 Å². The zero-order valence-electron chi connectivity index (χ0n) is 13.1. The van der Waals surface area contributed by atoms with Crippen molar-refractivity contribution in [1.29, 1.82) is 0 Å². The Bertz CT molecular complexity index is 644. The minimum Gasteiger partial charge on any atom is -0.496 e. The lowest BCUT2D eigenvalue weighted by Crippen LogP contribution is -2.11. The van der Waals surface area contributed by atoms with Gasteiger partial charge in [-0.25, -0.2) is 0 Å². The monoisotopic (exact) mass is 286 g/mol. The van der Waals surface area contributed by atoms with Gasteiger partial charge in [0.2, 0.25) is 0 Å². The first-order chi connectivity index (χ1) is 10.1. The Balaban J connectivity index is 2.29. The second-order valence-corrected chi connectivity index (χ2v) is 5.10. The molecule has 1 aromatic carbocycles. The number of hydrogen-bond acceptors (Lipinski definition) is 3. The van der Waals surface area contributed by atoms with Crippen LogP contribution < -0.4 is 4.74 Å². The zero-order chi connectivity index (χ0) is 15.4. The predicted octanol–water partition coefficient (Wildman–Crippen LogP) is 3.21. The van der Waals surface area contributed by atoms with Crippen LogP contribution in [-0.2, 0) is 19.4 Å². The molecule has 0 unspecified atom stereocenters. The largest absolute Gasteiger partial charge is 0.496 e. The van der Waals surface area contributed by atoms with Crippen LogP contribution in [0.1, 0.15) is 41.2 Å². The number of ether oxygens (including phenoxy) is 1. The molecule has 0 aliphatic rings. The molecule has 0 radical (unpaired) electrons. The standard InChI is InChI=1S/C17H22N2O2/c1-5-13-10-14(19(6-2)18-13)11-16(20)15-9-12(3)7-8-17(15)21-4/h7-10H,5-6,11H2,1-4H3. The topological polar surface area (TPSA) is 44.1 Å². The number of carbonyl (C=O) groups excluding carboxylic acids is 1. The molecular weight excluding hydrogens is 264 g/mol. The molecule has 21 heavy (non-hydrogen) atoms. The van der Waals surface area contributed by atoms with Crippen LogP contribution in [0.25, 0.3) is 0 Å². The van der Waals surface area contributed by atoms with Crippen molar-refractivity contribution in [3.8, 4) is 5.75 Å². The fourth-order valence-corrected chi connectivity index (χ4v) is 2.40. The van der Waals surface area contributed by atoms with Gasteiger partial charge in [-0.05, 0) is 38.5 Å². The summed E-state index contributed by atoms with van der Waals surface area (Å²) in [5.74, 6) is 0.691. The lowest BCUT2D eigenvalue weighted by Gasteiger charge is -2.09. The van der Waals surface area contributed by atoms with Crippen LogP contribution in [0.4, 0.5) is 0 Å². The van der Waals surface area contributed by atoms with Crippen molar-refractivity contribution in [2.75, 3.05) is 7.11 Å². The smallest absolute Gasteiger partial charge is 0.172 e. The van der Waals surface area contributed by atoms with Gasteiger partial charge in [-0.2, -0.15) is 5.10 Å². The predicted molar refractivity (Wildman–Crippen MR) is 83.0 cm³/mol. The van der Waals surface area contributed by atoms with Crippen molar-refractivity contribution in [1.82, 2.24) is 9.78 Å². The molecule has 0 fully saturated rings. The third-order valence-electron chi connectivity index (χ3n) is 3.57. The highest BCUT2D eigenvalue weighted by Crippen LogP contribution is 2.22. The minimum atomic E-state index is 0.0628. The van der Waals surface area contributed by atoms with E-state index in [2.05, 4.69) is 12.0 Å². The highest BCUT2D eigenvalue weighted by atomic mass is 16.5. The van der Waals surface area contributed by atoms with Crippen LogP contribution in [0.3, 0.4) is 0 Å². The summed E-state index contributed by atoms with van der Waals surface area (Å²) in [5.41, 5.74) is 3.68. The molecule has 1 heterocycles. The van der Waals surface area contributed by atoms with E-state index in [1.54, 1.807) is 7.11 Å². The number of nitrogens with zero attached hydrogens (tertiary/aromatic N) is 2. The summed E-state index contributed by atoms with van der Waals surface area (Å²) in [6, 6.07) is 7.69. The maximum absolute atomic E-state index is 12.6. The van der Waals surface area contributed by atoms with Crippen molar-refractivity contribution in [2.45, 2.75) is 40.2 Å². The summed E-state index contributed by atoms with van der Waals surface area (Å²) in [4.78, 5) is 12.6. The van der Waals surface area contributed by atoms with E-state index in [4.69, 9.17) is 4.74 Å². The normalized spacial score (nSPS) is 10.7. The lowest BCUT2D eigenvalue weighted by atomic mass is 10.0. The van der Waals surface area contributed by atoms with Crippen LogP contribution in [0, 0.1) is 6.92 Å². The summed E-state index contributed by atoms with van der Waals surface area (Å²) in [6.45, 7) is 6.85. The molecule has 2 rings (SSSR count). The molecule has 0 bridgehead atoms. The quantitative estimate of drug-likeness (QED) is 0.766. The third-order valence-corrected chi connectivity index (χ3v) is 3.57. The molecule has 0 N–H and O–H groups in total. The number of aryl methyl sites for hydroxylation is 3. The van der Waals surface area contributed by atoms with Gasteiger partial charge < -0.3 is 4.74 Å². The average Bonchev–Trinajstić information content (AvgIpc) is 2.89. The molecule has 0 spiro atoms. The molecule has 0 aliphatic heterocycles. The number of Topliss-reactive ketones (excluding diaryl/α,β-unsaturated/α-hetero) is 1. The van der Waals surface area contributed by atoms with Gasteiger partial charge >= 0.3 is 0 Å². The summed E-state index contributed by atoms with van der Waals surface area (Å²) in [6.07, 6.45) is 1.22. The Morgan fingerprint density at radius 3 is 2.67 bits per heavy atom. The van der Waals surface area contributed by atoms with Gasteiger partial charge in [0.15, 0.2) is 5.78 Å². The Hall–Kier alpha value is -2.10. The van der Waals surface area contributed by atoms with Crippen molar-refractivity contribution >= 4 is 5.78 Å². The first-order valence-electron chi connectivity index (χ1n) is 7.32. The Morgan fingerprint density at radius 2 is 2.05 bits per heavy atom. The van der Waals surface area contributed by atoms with E-state index in [1.165, 1.54) is 0 Å². The van der Waals surface area contributed by atoms with Gasteiger partial charge in [0.25, 0.3) is 0 Å². The van der Waals surface area contributed by atoms with Crippen LogP contribution in [0.2, 0.25) is 0 Å². The second-order valence-electron chi connectivity index (χ2n) is 5.10. The molecule has 0 saturated carbocycles. The number of carbonyl (C=O) groups is 1. The molecular formula is C17H22N2O2. The molecule has 0 atom stereocenters. The summed E-state index contributed by atoms with van der Waals surface area (Å²) >= 11 is 0. The minimum absolute atomic E-state index is 0.0628. The van der Waals surface area contributed by atoms with Gasteiger partial charge in [-0.15, -0.1) is 0 Å². The SMILES string of the molecule is CCc1cc(CC(=O)c2cc(C)ccc2OC)n(CC)n1. The molecule has 1 aromatic heterocycles. The van der Waals surface area contributed by atoms with E-state index in [9.17, 15) is 4.79 Å². The van der Waals surface area contributed by atoms with E-state index < -0.39 is 0 Å². The van der Waals surface area contributed by atoms with Crippen molar-refractivity contribution in [3.63, 3.8) is 0 Å². The van der Waals surface area contributed by atoms with E-state index >= 15 is 0 Å². The molecule has 0 aliphatic carbocycles. The number of aromatic nitrogens is 2. The Morgan fingerprint density at radius 1 is 1.29 bits per heavy atom. The molecule has 4 nitrogen and oxygen atoms in total. The van der Waals surface area contributed by atoms with Gasteiger partial charge in [0.05, 0.1) is 24.8 Å². The maximum atomic E-state index is 12.6. The van der Waals surface area contributed by atoms with Gasteiger partial charge in [-0.1, -0.05) is 18.6 Å². The molecule has 0 saturated heterocycles. The number of ketones is 1. The van der Waals surface area contributed by atoms with Crippen molar-refractivity contribution in [3.05, 3.63) is 46.8 Å². The molecule has 2 aromatic rings. The van der Waals surface area contributed by atoms with Crippen molar-refractivity contribution in [2.24, 2.45) is 0 Å².